The summed E-state index contributed by atoms with van der Waals surface area (Å²) in [4.78, 5) is 46.1. The van der Waals surface area contributed by atoms with Crippen molar-refractivity contribution in [3.05, 3.63) is 16.7 Å². The van der Waals surface area contributed by atoms with Gasteiger partial charge in [0, 0.05) is 17.4 Å². The van der Waals surface area contributed by atoms with Crippen molar-refractivity contribution < 1.29 is 38.3 Å². The predicted octanol–water partition coefficient (Wildman–Crippen LogP) is 0.0633. The lowest BCUT2D eigenvalue weighted by Crippen LogP contribution is -2.34. The maximum absolute atomic E-state index is 12.1. The number of fused-ring (bicyclic) bond motifs is 1. The van der Waals surface area contributed by atoms with Crippen LogP contribution in [0.2, 0.25) is 0 Å². The number of carbonyl (C=O) groups is 1. The third-order valence-corrected chi connectivity index (χ3v) is 9.46. The van der Waals surface area contributed by atoms with Crippen molar-refractivity contribution in [2.75, 3.05) is 18.1 Å². The number of nitrogens with one attached hydrogen (secondary N) is 1. The SMILES string of the molecule is Nc1nc2c(ncn2[C@@H]2O[C@H](COP(=O)([O-])OC(=O)CCCC[C@@H]3CCSS3)[C@@H](O)[C@H]2O)c(=O)[nH]1. The van der Waals surface area contributed by atoms with Gasteiger partial charge in [-0.05, 0) is 19.3 Å². The third kappa shape index (κ3) is 6.38. The molecule has 0 aromatic carbocycles. The van der Waals surface area contributed by atoms with E-state index in [1.165, 1.54) is 10.9 Å². The first-order chi connectivity index (χ1) is 16.6. The minimum atomic E-state index is -5.02. The highest BCUT2D eigenvalue weighted by atomic mass is 33.1. The molecule has 5 N–H and O–H groups in total. The second-order valence-electron chi connectivity index (χ2n) is 8.10. The molecule has 2 aromatic heterocycles. The van der Waals surface area contributed by atoms with Gasteiger partial charge >= 0.3 is 13.8 Å². The number of anilines is 1. The van der Waals surface area contributed by atoms with Crippen LogP contribution in [0.4, 0.5) is 5.95 Å². The van der Waals surface area contributed by atoms with Crippen molar-refractivity contribution >= 4 is 52.5 Å². The second kappa shape index (κ2) is 11.2. The minimum Gasteiger partial charge on any atom is -0.746 e. The number of aromatic amines is 1. The molecule has 2 aliphatic heterocycles. The number of H-pyrrole nitrogens is 1. The number of rotatable bonds is 10. The Morgan fingerprint density at radius 2 is 2.20 bits per heavy atom. The number of ether oxygens (including phenoxy) is 1. The van der Waals surface area contributed by atoms with Gasteiger partial charge in [-0.2, -0.15) is 4.98 Å². The molecule has 4 rings (SSSR count). The van der Waals surface area contributed by atoms with E-state index in [4.69, 9.17) is 15.0 Å². The van der Waals surface area contributed by atoms with Gasteiger partial charge in [-0.3, -0.25) is 23.7 Å². The molecule has 14 nitrogen and oxygen atoms in total. The predicted molar refractivity (Wildman–Crippen MR) is 125 cm³/mol. The molecule has 0 saturated carbocycles. The average Bonchev–Trinajstić information content (AvgIpc) is 3.51. The highest BCUT2D eigenvalue weighted by Gasteiger charge is 2.45. The molecule has 2 aliphatic rings. The molecule has 1 unspecified atom stereocenters. The van der Waals surface area contributed by atoms with Crippen molar-refractivity contribution in [3.63, 3.8) is 0 Å². The molecule has 6 atom stereocenters. The zero-order valence-corrected chi connectivity index (χ0v) is 20.9. The number of hydrogen-bond acceptors (Lipinski definition) is 14. The van der Waals surface area contributed by atoms with E-state index >= 15 is 0 Å². The van der Waals surface area contributed by atoms with Gasteiger partial charge in [0.05, 0.1) is 12.9 Å². The Labute approximate surface area is 207 Å². The highest BCUT2D eigenvalue weighted by molar-refractivity contribution is 8.77. The number of imidazole rings is 1. The summed E-state index contributed by atoms with van der Waals surface area (Å²) < 4.78 is 28.0. The van der Waals surface area contributed by atoms with Crippen molar-refractivity contribution in [1.82, 2.24) is 19.5 Å². The fraction of sp³-hybridized carbons (Fsp3) is 0.667. The molecule has 2 fully saturated rings. The van der Waals surface area contributed by atoms with Gasteiger partial charge < -0.3 is 34.6 Å². The van der Waals surface area contributed by atoms with Gasteiger partial charge in [0.2, 0.25) is 5.95 Å². The zero-order chi connectivity index (χ0) is 25.2. The van der Waals surface area contributed by atoms with Crippen LogP contribution < -0.4 is 16.2 Å². The molecule has 0 radical (unpaired) electrons. The maximum atomic E-state index is 12.1. The van der Waals surface area contributed by atoms with Gasteiger partial charge in [0.15, 0.2) is 17.4 Å². The molecule has 0 aliphatic carbocycles. The Balaban J connectivity index is 1.28. The van der Waals surface area contributed by atoms with Gasteiger partial charge in [0.25, 0.3) is 5.56 Å². The molecule has 2 saturated heterocycles. The van der Waals surface area contributed by atoms with E-state index in [9.17, 15) is 29.3 Å². The summed E-state index contributed by atoms with van der Waals surface area (Å²) in [5.41, 5.74) is 4.88. The lowest BCUT2D eigenvalue weighted by molar-refractivity contribution is -0.227. The third-order valence-electron chi connectivity index (χ3n) is 5.56. The molecule has 0 bridgehead atoms. The summed E-state index contributed by atoms with van der Waals surface area (Å²) in [5.74, 6) is -0.000704. The van der Waals surface area contributed by atoms with E-state index in [-0.39, 0.29) is 23.5 Å². The van der Waals surface area contributed by atoms with E-state index in [0.29, 0.717) is 11.7 Å². The first-order valence-electron chi connectivity index (χ1n) is 10.8. The molecule has 17 heteroatoms. The van der Waals surface area contributed by atoms with E-state index in [0.717, 1.165) is 25.0 Å². The van der Waals surface area contributed by atoms with Crippen molar-refractivity contribution in [2.45, 2.75) is 61.9 Å². The van der Waals surface area contributed by atoms with E-state index in [2.05, 4.69) is 19.5 Å². The summed E-state index contributed by atoms with van der Waals surface area (Å²) in [6.07, 6.45) is -1.17. The standard InChI is InChI=1S/C18H26N5O9PS2/c19-18-21-15-12(16(27)22-18)20-8-23(15)17-14(26)13(25)10(31-17)7-30-33(28,29)32-11(24)4-2-1-3-9-5-6-34-35-9/h8-10,13-14,17,25-26H,1-7H2,(H,28,29)(H3,19,21,22,27)/p-1/t9-,10-,13-,14-,17-/m1/s1. The Bertz CT molecular complexity index is 1160. The topological polar surface area (TPSA) is 215 Å². The fourth-order valence-electron chi connectivity index (χ4n) is 3.79. The number of carbonyl (C=O) groups excluding carboxylic acids is 1. The molecule has 194 valence electrons. The Morgan fingerprint density at radius 3 is 2.94 bits per heavy atom. The summed E-state index contributed by atoms with van der Waals surface area (Å²) in [7, 11) is -1.35. The summed E-state index contributed by atoms with van der Waals surface area (Å²) in [6.45, 7) is -0.720. The number of nitrogens with zero attached hydrogens (tertiary/aromatic N) is 3. The number of hydrogen-bond donors (Lipinski definition) is 4. The van der Waals surface area contributed by atoms with E-state index < -0.39 is 50.5 Å². The van der Waals surface area contributed by atoms with Crippen LogP contribution in [0.1, 0.15) is 38.3 Å². The van der Waals surface area contributed by atoms with Crippen LogP contribution in [0.3, 0.4) is 0 Å². The number of nitrogens with two attached hydrogens (primary N) is 1. The second-order valence-corrected chi connectivity index (χ2v) is 12.2. The number of aliphatic hydroxyl groups is 2. The largest absolute Gasteiger partial charge is 0.746 e. The number of phosphoric acid groups is 1. The first kappa shape index (κ1) is 26.4. The smallest absolute Gasteiger partial charge is 0.322 e. The van der Waals surface area contributed by atoms with E-state index in [1.54, 1.807) is 0 Å². The lowest BCUT2D eigenvalue weighted by Gasteiger charge is -2.24. The number of aliphatic hydroxyl groups excluding tert-OH is 2. The van der Waals surface area contributed by atoms with Crippen LogP contribution in [0.5, 0.6) is 0 Å². The lowest BCUT2D eigenvalue weighted by atomic mass is 10.1. The van der Waals surface area contributed by atoms with Crippen molar-refractivity contribution in [3.8, 4) is 0 Å². The van der Waals surface area contributed by atoms with Gasteiger partial charge in [-0.15, -0.1) is 0 Å². The Hall–Kier alpha value is -1.65. The van der Waals surface area contributed by atoms with E-state index in [1.807, 2.05) is 21.6 Å². The fourth-order valence-corrected chi connectivity index (χ4v) is 7.54. The highest BCUT2D eigenvalue weighted by Crippen LogP contribution is 2.42. The van der Waals surface area contributed by atoms with Crippen LogP contribution in [0.15, 0.2) is 11.1 Å². The molecular formula is C18H25N5O9PS2-. The quantitative estimate of drug-likeness (QED) is 0.175. The minimum absolute atomic E-state index is 0.00206. The maximum Gasteiger partial charge on any atom is 0.322 e. The number of aromatic nitrogens is 4. The van der Waals surface area contributed by atoms with Crippen LogP contribution in [-0.2, 0) is 23.1 Å². The number of phosphoric ester groups is 1. The number of nitrogen functional groups attached to an aromatic ring is 1. The molecule has 35 heavy (non-hydrogen) atoms. The Kier molecular flexibility index (Phi) is 8.43. The van der Waals surface area contributed by atoms with Gasteiger partial charge in [-0.25, -0.2) is 4.98 Å². The van der Waals surface area contributed by atoms with Gasteiger partial charge in [-0.1, -0.05) is 28.0 Å². The summed E-state index contributed by atoms with van der Waals surface area (Å²) in [5, 5.41) is 21.3. The molecule has 4 heterocycles. The van der Waals surface area contributed by atoms with Crippen molar-refractivity contribution in [2.24, 2.45) is 0 Å². The van der Waals surface area contributed by atoms with Crippen LogP contribution >= 0.6 is 29.4 Å². The van der Waals surface area contributed by atoms with Gasteiger partial charge in [0.1, 0.15) is 18.3 Å². The van der Waals surface area contributed by atoms with Crippen molar-refractivity contribution in [1.29, 1.82) is 0 Å². The van der Waals surface area contributed by atoms with Crippen LogP contribution in [-0.4, -0.2) is 71.6 Å². The first-order valence-corrected chi connectivity index (χ1v) is 14.7. The molecule has 0 amide bonds. The molecule has 2 aromatic rings. The summed E-state index contributed by atoms with van der Waals surface area (Å²) >= 11 is 0. The molecule has 0 spiro atoms. The summed E-state index contributed by atoms with van der Waals surface area (Å²) in [6, 6.07) is 0. The van der Waals surface area contributed by atoms with Crippen LogP contribution in [0, 0.1) is 0 Å². The normalized spacial score (nSPS) is 28.4. The van der Waals surface area contributed by atoms with Crippen LogP contribution in [0.25, 0.3) is 11.2 Å². The average molecular weight is 551 g/mol. The molecular weight excluding hydrogens is 525 g/mol. The monoisotopic (exact) mass is 550 g/mol. The zero-order valence-electron chi connectivity index (χ0n) is 18.3. The number of unbranched alkanes of at least 4 members (excludes halogenated alkanes) is 1. The Morgan fingerprint density at radius 1 is 1.40 bits per heavy atom.